The lowest BCUT2D eigenvalue weighted by Gasteiger charge is -2.04. The van der Waals surface area contributed by atoms with Crippen molar-refractivity contribution in [3.63, 3.8) is 0 Å². The minimum absolute atomic E-state index is 0.0392. The van der Waals surface area contributed by atoms with Gasteiger partial charge in [0, 0.05) is 18.5 Å². The molecule has 0 atom stereocenters. The van der Waals surface area contributed by atoms with E-state index in [0.717, 1.165) is 31.2 Å². The van der Waals surface area contributed by atoms with E-state index in [4.69, 9.17) is 0 Å². The van der Waals surface area contributed by atoms with Gasteiger partial charge in [-0.05, 0) is 25.0 Å². The first-order chi connectivity index (χ1) is 7.83. The summed E-state index contributed by atoms with van der Waals surface area (Å²) in [7, 11) is 0. The molecule has 1 rings (SSSR count). The molecule has 16 heavy (non-hydrogen) atoms. The Labute approximate surface area is 95.9 Å². The maximum atomic E-state index is 11.5. The second-order valence-corrected chi connectivity index (χ2v) is 3.68. The summed E-state index contributed by atoms with van der Waals surface area (Å²) < 4.78 is 0. The average Bonchev–Trinajstić information content (AvgIpc) is 2.30. The average molecular weight is 219 g/mol. The van der Waals surface area contributed by atoms with Crippen molar-refractivity contribution in [1.29, 1.82) is 0 Å². The van der Waals surface area contributed by atoms with E-state index in [1.807, 2.05) is 30.3 Å². The molecular weight excluding hydrogens is 202 g/mol. The molecule has 0 aromatic heterocycles. The van der Waals surface area contributed by atoms with E-state index in [2.05, 4.69) is 5.32 Å². The van der Waals surface area contributed by atoms with Gasteiger partial charge in [-0.25, -0.2) is 0 Å². The molecule has 0 aliphatic rings. The van der Waals surface area contributed by atoms with Crippen LogP contribution in [-0.2, 0) is 9.59 Å². The van der Waals surface area contributed by atoms with Gasteiger partial charge in [0.25, 0.3) is 0 Å². The van der Waals surface area contributed by atoms with E-state index in [1.165, 1.54) is 0 Å². The zero-order chi connectivity index (χ0) is 11.6. The smallest absolute Gasteiger partial charge is 0.224 e. The molecule has 0 aliphatic carbocycles. The highest BCUT2D eigenvalue weighted by Crippen LogP contribution is 2.07. The van der Waals surface area contributed by atoms with E-state index < -0.39 is 0 Å². The van der Waals surface area contributed by atoms with Crippen molar-refractivity contribution in [1.82, 2.24) is 0 Å². The molecule has 1 aromatic rings. The minimum Gasteiger partial charge on any atom is -0.326 e. The van der Waals surface area contributed by atoms with Gasteiger partial charge >= 0.3 is 0 Å². The molecule has 0 radical (unpaired) electrons. The summed E-state index contributed by atoms with van der Waals surface area (Å²) in [5.41, 5.74) is 0.834. The van der Waals surface area contributed by atoms with Crippen LogP contribution >= 0.6 is 0 Å². The maximum absolute atomic E-state index is 11.5. The third kappa shape index (κ3) is 5.29. The predicted molar refractivity (Wildman–Crippen MR) is 64.2 cm³/mol. The van der Waals surface area contributed by atoms with Gasteiger partial charge in [-0.1, -0.05) is 24.6 Å². The van der Waals surface area contributed by atoms with Crippen molar-refractivity contribution in [3.8, 4) is 0 Å². The second-order valence-electron chi connectivity index (χ2n) is 3.68. The van der Waals surface area contributed by atoms with E-state index in [0.29, 0.717) is 12.8 Å². The van der Waals surface area contributed by atoms with Crippen molar-refractivity contribution >= 4 is 17.9 Å². The quantitative estimate of drug-likeness (QED) is 0.566. The van der Waals surface area contributed by atoms with Crippen molar-refractivity contribution in [2.45, 2.75) is 32.1 Å². The van der Waals surface area contributed by atoms with Crippen molar-refractivity contribution < 1.29 is 9.59 Å². The molecule has 0 aliphatic heterocycles. The van der Waals surface area contributed by atoms with Crippen molar-refractivity contribution in [2.24, 2.45) is 0 Å². The molecule has 1 amide bonds. The number of hydrogen-bond donors (Lipinski definition) is 1. The normalized spacial score (nSPS) is 9.75. The predicted octanol–water partition coefficient (Wildman–Crippen LogP) is 2.77. The largest absolute Gasteiger partial charge is 0.326 e. The number of anilines is 1. The molecule has 0 spiro atoms. The molecule has 0 saturated heterocycles. The molecule has 3 nitrogen and oxygen atoms in total. The Morgan fingerprint density at radius 1 is 1.12 bits per heavy atom. The van der Waals surface area contributed by atoms with Gasteiger partial charge in [0.1, 0.15) is 6.29 Å². The van der Waals surface area contributed by atoms with Crippen molar-refractivity contribution in [3.05, 3.63) is 30.3 Å². The number of unbranched alkanes of at least 4 members (excludes halogenated alkanes) is 3. The first kappa shape index (κ1) is 12.4. The fraction of sp³-hybridized carbons (Fsp3) is 0.385. The Balaban J connectivity index is 2.14. The van der Waals surface area contributed by atoms with Crippen LogP contribution in [-0.4, -0.2) is 12.2 Å². The van der Waals surface area contributed by atoms with Gasteiger partial charge in [-0.15, -0.1) is 0 Å². The van der Waals surface area contributed by atoms with E-state index in [9.17, 15) is 9.59 Å². The highest BCUT2D eigenvalue weighted by atomic mass is 16.1. The van der Waals surface area contributed by atoms with Crippen LogP contribution in [0.5, 0.6) is 0 Å². The number of para-hydroxylation sites is 1. The summed E-state index contributed by atoms with van der Waals surface area (Å²) in [6.45, 7) is 0. The van der Waals surface area contributed by atoms with E-state index in [1.54, 1.807) is 0 Å². The van der Waals surface area contributed by atoms with E-state index >= 15 is 0 Å². The standard InChI is InChI=1S/C13H17NO2/c15-11-7-2-1-6-10-13(16)14-12-8-4-3-5-9-12/h3-5,8-9,11H,1-2,6-7,10H2,(H,14,16). The molecule has 0 fully saturated rings. The molecule has 1 N–H and O–H groups in total. The van der Waals surface area contributed by atoms with Crippen LogP contribution < -0.4 is 5.32 Å². The number of amides is 1. The summed E-state index contributed by atoms with van der Waals surface area (Å²) in [5.74, 6) is 0.0392. The topological polar surface area (TPSA) is 46.2 Å². The van der Waals surface area contributed by atoms with Gasteiger partial charge in [0.05, 0.1) is 0 Å². The fourth-order valence-electron chi connectivity index (χ4n) is 1.43. The Morgan fingerprint density at radius 3 is 2.56 bits per heavy atom. The zero-order valence-electron chi connectivity index (χ0n) is 9.32. The molecule has 1 aromatic carbocycles. The lowest BCUT2D eigenvalue weighted by molar-refractivity contribution is -0.116. The molecule has 3 heteroatoms. The van der Waals surface area contributed by atoms with Crippen LogP contribution in [0.4, 0.5) is 5.69 Å². The summed E-state index contributed by atoms with van der Waals surface area (Å²) in [5, 5.41) is 2.82. The van der Waals surface area contributed by atoms with Gasteiger partial charge in [0.2, 0.25) is 5.91 Å². The Morgan fingerprint density at radius 2 is 1.88 bits per heavy atom. The van der Waals surface area contributed by atoms with Crippen LogP contribution in [0.1, 0.15) is 32.1 Å². The van der Waals surface area contributed by atoms with Crippen LogP contribution in [0, 0.1) is 0 Å². The zero-order valence-corrected chi connectivity index (χ0v) is 9.32. The number of nitrogens with one attached hydrogen (secondary N) is 1. The van der Waals surface area contributed by atoms with Crippen LogP contribution in [0.15, 0.2) is 30.3 Å². The van der Waals surface area contributed by atoms with Gasteiger partial charge in [-0.2, -0.15) is 0 Å². The first-order valence-electron chi connectivity index (χ1n) is 5.61. The number of benzene rings is 1. The molecule has 0 heterocycles. The summed E-state index contributed by atoms with van der Waals surface area (Å²) in [6.07, 6.45) is 4.69. The minimum atomic E-state index is 0.0392. The summed E-state index contributed by atoms with van der Waals surface area (Å²) >= 11 is 0. The monoisotopic (exact) mass is 219 g/mol. The summed E-state index contributed by atoms with van der Waals surface area (Å²) in [4.78, 5) is 21.5. The van der Waals surface area contributed by atoms with Crippen LogP contribution in [0.25, 0.3) is 0 Å². The lowest BCUT2D eigenvalue weighted by Crippen LogP contribution is -2.10. The lowest BCUT2D eigenvalue weighted by atomic mass is 10.1. The SMILES string of the molecule is O=CCCCCCC(=O)Nc1ccccc1. The van der Waals surface area contributed by atoms with Gasteiger partial charge < -0.3 is 10.1 Å². The number of hydrogen-bond acceptors (Lipinski definition) is 2. The van der Waals surface area contributed by atoms with Crippen LogP contribution in [0.2, 0.25) is 0 Å². The Kier molecular flexibility index (Phi) is 5.92. The first-order valence-corrected chi connectivity index (χ1v) is 5.61. The van der Waals surface area contributed by atoms with Gasteiger partial charge in [0.15, 0.2) is 0 Å². The Hall–Kier alpha value is -1.64. The Bertz CT molecular complexity index is 322. The summed E-state index contributed by atoms with van der Waals surface area (Å²) in [6, 6.07) is 9.42. The number of carbonyl (C=O) groups is 2. The molecular formula is C13H17NO2. The third-order valence-corrected chi connectivity index (χ3v) is 2.28. The highest BCUT2D eigenvalue weighted by molar-refractivity contribution is 5.90. The van der Waals surface area contributed by atoms with Crippen molar-refractivity contribution in [2.75, 3.05) is 5.32 Å². The molecule has 86 valence electrons. The molecule has 0 bridgehead atoms. The highest BCUT2D eigenvalue weighted by Gasteiger charge is 2.01. The number of rotatable bonds is 7. The number of aldehydes is 1. The molecule has 0 saturated carbocycles. The second kappa shape index (κ2) is 7.63. The number of carbonyl (C=O) groups excluding carboxylic acids is 2. The van der Waals surface area contributed by atoms with Gasteiger partial charge in [-0.3, -0.25) is 4.79 Å². The van der Waals surface area contributed by atoms with Crippen LogP contribution in [0.3, 0.4) is 0 Å². The molecule has 0 unspecified atom stereocenters. The third-order valence-electron chi connectivity index (χ3n) is 2.28. The van der Waals surface area contributed by atoms with E-state index in [-0.39, 0.29) is 5.91 Å². The fourth-order valence-corrected chi connectivity index (χ4v) is 1.43. The maximum Gasteiger partial charge on any atom is 0.224 e.